The zero-order valence-corrected chi connectivity index (χ0v) is 23.2. The van der Waals surface area contributed by atoms with Crippen molar-refractivity contribution < 1.29 is 23.4 Å². The van der Waals surface area contributed by atoms with E-state index < -0.39 is 47.2 Å². The molecule has 0 aliphatic carbocycles. The van der Waals surface area contributed by atoms with Gasteiger partial charge in [-0.2, -0.15) is 0 Å². The van der Waals surface area contributed by atoms with Crippen LogP contribution in [0.15, 0.2) is 82.4 Å². The highest BCUT2D eigenvalue weighted by Gasteiger charge is 2.25. The van der Waals surface area contributed by atoms with E-state index in [1.807, 2.05) is 0 Å². The number of carbonyl (C=O) groups is 1. The molecular weight excluding hydrogens is 532 g/mol. The molecule has 8 nitrogen and oxygen atoms in total. The Hall–Kier alpha value is -4.73. The lowest BCUT2D eigenvalue weighted by Crippen LogP contribution is -2.46. The Morgan fingerprint density at radius 1 is 0.927 bits per heavy atom. The van der Waals surface area contributed by atoms with Gasteiger partial charge in [-0.05, 0) is 63.1 Å². The van der Waals surface area contributed by atoms with Crippen molar-refractivity contribution in [2.24, 2.45) is 0 Å². The van der Waals surface area contributed by atoms with Crippen LogP contribution in [0.3, 0.4) is 0 Å². The summed E-state index contributed by atoms with van der Waals surface area (Å²) in [6.45, 7) is 5.86. The number of hydrogen-bond donors (Lipinski definition) is 2. The van der Waals surface area contributed by atoms with Gasteiger partial charge in [0.05, 0.1) is 24.7 Å². The monoisotopic (exact) mass is 563 g/mol. The van der Waals surface area contributed by atoms with E-state index in [1.54, 1.807) is 51.1 Å². The Morgan fingerprint density at radius 2 is 1.54 bits per heavy atom. The summed E-state index contributed by atoms with van der Waals surface area (Å²) in [5.41, 5.74) is -1.35. The Labute approximate surface area is 235 Å². The van der Waals surface area contributed by atoms with Crippen molar-refractivity contribution in [3.8, 4) is 16.9 Å². The molecule has 4 aromatic rings. The SMILES string of the molecule is Cc1c(-c2ccc(O)cc2)c(=O)n(C[C@H](NC(=O)OC(C)(C)C)c2ccccc2)c(=O)n1Cc1c(F)cccc1F. The van der Waals surface area contributed by atoms with Crippen molar-refractivity contribution in [2.75, 3.05) is 0 Å². The summed E-state index contributed by atoms with van der Waals surface area (Å²) >= 11 is 0. The predicted octanol–water partition coefficient (Wildman–Crippen LogP) is 5.28. The van der Waals surface area contributed by atoms with Gasteiger partial charge in [-0.3, -0.25) is 13.9 Å². The third kappa shape index (κ3) is 6.71. The molecule has 0 radical (unpaired) electrons. The predicted molar refractivity (Wildman–Crippen MR) is 151 cm³/mol. The minimum absolute atomic E-state index is 0.0285. The van der Waals surface area contributed by atoms with Crippen LogP contribution in [0.1, 0.15) is 43.6 Å². The highest BCUT2D eigenvalue weighted by atomic mass is 19.1. The van der Waals surface area contributed by atoms with Gasteiger partial charge in [0, 0.05) is 11.3 Å². The van der Waals surface area contributed by atoms with Crippen LogP contribution < -0.4 is 16.6 Å². The molecule has 214 valence electrons. The van der Waals surface area contributed by atoms with Crippen LogP contribution in [-0.4, -0.2) is 25.9 Å². The number of hydrogen-bond acceptors (Lipinski definition) is 5. The van der Waals surface area contributed by atoms with Gasteiger partial charge in [-0.25, -0.2) is 18.4 Å². The highest BCUT2D eigenvalue weighted by Crippen LogP contribution is 2.24. The molecule has 0 saturated heterocycles. The summed E-state index contributed by atoms with van der Waals surface area (Å²) in [6, 6.07) is 17.1. The van der Waals surface area contributed by atoms with E-state index in [-0.39, 0.29) is 29.1 Å². The van der Waals surface area contributed by atoms with Gasteiger partial charge in [0.25, 0.3) is 5.56 Å². The minimum Gasteiger partial charge on any atom is -0.508 e. The molecule has 41 heavy (non-hydrogen) atoms. The fourth-order valence-electron chi connectivity index (χ4n) is 4.50. The summed E-state index contributed by atoms with van der Waals surface area (Å²) in [5.74, 6) is -1.71. The van der Waals surface area contributed by atoms with Gasteiger partial charge in [0.2, 0.25) is 0 Å². The molecule has 1 amide bonds. The molecule has 0 aliphatic heterocycles. The van der Waals surface area contributed by atoms with Crippen molar-refractivity contribution in [2.45, 2.75) is 52.4 Å². The molecule has 0 saturated carbocycles. The first kappa shape index (κ1) is 29.3. The molecule has 4 rings (SSSR count). The van der Waals surface area contributed by atoms with E-state index in [1.165, 1.54) is 37.3 Å². The lowest BCUT2D eigenvalue weighted by Gasteiger charge is -2.25. The normalized spacial score (nSPS) is 12.1. The standard InChI is InChI=1S/C31H31F2N3O5/c1-19-27(21-13-15-22(37)16-14-21)28(38)36(30(40)35(19)17-23-24(32)11-8-12-25(23)33)18-26(20-9-6-5-7-10-20)34-29(39)41-31(2,3)4/h5-16,26,37H,17-18H2,1-4H3,(H,34,39)/t26-/m0/s1. The van der Waals surface area contributed by atoms with E-state index in [9.17, 15) is 28.3 Å². The van der Waals surface area contributed by atoms with Crippen molar-refractivity contribution in [1.82, 2.24) is 14.5 Å². The molecule has 10 heteroatoms. The van der Waals surface area contributed by atoms with Gasteiger partial charge >= 0.3 is 11.8 Å². The van der Waals surface area contributed by atoms with Crippen LogP contribution in [0.5, 0.6) is 5.75 Å². The maximum Gasteiger partial charge on any atom is 0.408 e. The second-order valence-corrected chi connectivity index (χ2v) is 10.6. The number of phenolic OH excluding ortho intramolecular Hbond substituents is 1. The lowest BCUT2D eigenvalue weighted by molar-refractivity contribution is 0.0497. The average Bonchev–Trinajstić information content (AvgIpc) is 2.90. The molecule has 3 aromatic carbocycles. The number of carbonyl (C=O) groups excluding carboxylic acids is 1. The zero-order valence-electron chi connectivity index (χ0n) is 23.2. The highest BCUT2D eigenvalue weighted by molar-refractivity contribution is 5.68. The number of benzene rings is 3. The number of ether oxygens (including phenoxy) is 1. The van der Waals surface area contributed by atoms with Gasteiger partial charge in [-0.15, -0.1) is 0 Å². The first-order valence-electron chi connectivity index (χ1n) is 13.0. The smallest absolute Gasteiger partial charge is 0.408 e. The van der Waals surface area contributed by atoms with E-state index in [0.29, 0.717) is 11.1 Å². The number of aromatic nitrogens is 2. The largest absolute Gasteiger partial charge is 0.508 e. The van der Waals surface area contributed by atoms with Crippen LogP contribution in [0.4, 0.5) is 13.6 Å². The number of nitrogens with zero attached hydrogens (tertiary/aromatic N) is 2. The van der Waals surface area contributed by atoms with Crippen LogP contribution in [0.25, 0.3) is 11.1 Å². The second-order valence-electron chi connectivity index (χ2n) is 10.6. The lowest BCUT2D eigenvalue weighted by atomic mass is 10.0. The molecule has 0 spiro atoms. The van der Waals surface area contributed by atoms with Crippen LogP contribution in [-0.2, 0) is 17.8 Å². The third-order valence-electron chi connectivity index (χ3n) is 6.48. The van der Waals surface area contributed by atoms with E-state index in [4.69, 9.17) is 4.74 Å². The topological polar surface area (TPSA) is 103 Å². The Balaban J connectivity index is 1.90. The van der Waals surface area contributed by atoms with Gasteiger partial charge in [-0.1, -0.05) is 48.5 Å². The molecule has 1 heterocycles. The first-order valence-corrected chi connectivity index (χ1v) is 13.0. The fourth-order valence-corrected chi connectivity index (χ4v) is 4.50. The number of nitrogens with one attached hydrogen (secondary N) is 1. The maximum atomic E-state index is 14.6. The second kappa shape index (κ2) is 11.8. The zero-order chi connectivity index (χ0) is 29.9. The Bertz CT molecular complexity index is 1650. The summed E-state index contributed by atoms with van der Waals surface area (Å²) < 4.78 is 36.8. The molecule has 1 atom stereocenters. The number of rotatable bonds is 7. The molecular formula is C31H31F2N3O5. The number of alkyl carbamates (subject to hydrolysis) is 1. The van der Waals surface area contributed by atoms with E-state index in [0.717, 1.165) is 21.3 Å². The van der Waals surface area contributed by atoms with Crippen molar-refractivity contribution >= 4 is 6.09 Å². The number of halogens is 2. The summed E-state index contributed by atoms with van der Waals surface area (Å²) in [6.07, 6.45) is -0.751. The maximum absolute atomic E-state index is 14.6. The molecule has 0 fully saturated rings. The van der Waals surface area contributed by atoms with E-state index in [2.05, 4.69) is 5.32 Å². The minimum atomic E-state index is -0.870. The average molecular weight is 564 g/mol. The number of amides is 1. The van der Waals surface area contributed by atoms with Gasteiger partial charge in [0.1, 0.15) is 23.0 Å². The van der Waals surface area contributed by atoms with Gasteiger partial charge < -0.3 is 15.2 Å². The van der Waals surface area contributed by atoms with Crippen LogP contribution >= 0.6 is 0 Å². The summed E-state index contributed by atoms with van der Waals surface area (Å²) in [7, 11) is 0. The quantitative estimate of drug-likeness (QED) is 0.318. The molecule has 2 N–H and O–H groups in total. The van der Waals surface area contributed by atoms with Crippen LogP contribution in [0, 0.1) is 18.6 Å². The molecule has 1 aromatic heterocycles. The van der Waals surface area contributed by atoms with Crippen molar-refractivity contribution in [3.63, 3.8) is 0 Å². The van der Waals surface area contributed by atoms with Crippen LogP contribution in [0.2, 0.25) is 0 Å². The number of phenols is 1. The summed E-state index contributed by atoms with van der Waals surface area (Å²) in [5, 5.41) is 12.5. The Morgan fingerprint density at radius 3 is 2.12 bits per heavy atom. The van der Waals surface area contributed by atoms with Gasteiger partial charge in [0.15, 0.2) is 0 Å². The fraction of sp³-hybridized carbons (Fsp3) is 0.258. The summed E-state index contributed by atoms with van der Waals surface area (Å²) in [4.78, 5) is 40.5. The Kier molecular flexibility index (Phi) is 8.41. The first-order chi connectivity index (χ1) is 19.4. The molecule has 0 unspecified atom stereocenters. The molecule has 0 bridgehead atoms. The third-order valence-corrected chi connectivity index (χ3v) is 6.48. The van der Waals surface area contributed by atoms with Crippen molar-refractivity contribution in [1.29, 1.82) is 0 Å². The van der Waals surface area contributed by atoms with Crippen molar-refractivity contribution in [3.05, 3.63) is 122 Å². The van der Waals surface area contributed by atoms with E-state index >= 15 is 0 Å². The number of aromatic hydroxyl groups is 1. The molecule has 0 aliphatic rings.